The van der Waals surface area contributed by atoms with Gasteiger partial charge >= 0.3 is 0 Å². The number of aryl methyl sites for hydroxylation is 1. The summed E-state index contributed by atoms with van der Waals surface area (Å²) in [5.74, 6) is -0.316. The number of halogens is 3. The van der Waals surface area contributed by atoms with Gasteiger partial charge in [0.2, 0.25) is 0 Å². The molecule has 2 aromatic carbocycles. The first-order valence-electron chi connectivity index (χ1n) is 6.16. The zero-order valence-electron chi connectivity index (χ0n) is 11.4. The van der Waals surface area contributed by atoms with Crippen LogP contribution < -0.4 is 10.6 Å². The second-order valence-electron chi connectivity index (χ2n) is 4.48. The lowest BCUT2D eigenvalue weighted by Gasteiger charge is -2.12. The van der Waals surface area contributed by atoms with Crippen molar-refractivity contribution >= 4 is 52.1 Å². The number of amides is 1. The number of hydrogen-bond donors (Lipinski definition) is 2. The predicted molar refractivity (Wildman–Crippen MR) is 90.2 cm³/mol. The number of nitrogens with one attached hydrogen (secondary N) is 2. The largest absolute Gasteiger partial charge is 0.387 e. The van der Waals surface area contributed by atoms with E-state index < -0.39 is 0 Å². The number of rotatable bonds is 3. The smallest absolute Gasteiger partial charge is 0.257 e. The molecule has 0 bridgehead atoms. The van der Waals surface area contributed by atoms with E-state index in [9.17, 15) is 4.79 Å². The second-order valence-corrected chi connectivity index (χ2v) is 5.73. The molecule has 2 rings (SSSR count). The van der Waals surface area contributed by atoms with Crippen molar-refractivity contribution < 1.29 is 4.79 Å². The normalized spacial score (nSPS) is 10.3. The quantitative estimate of drug-likeness (QED) is 0.799. The summed E-state index contributed by atoms with van der Waals surface area (Å²) in [4.78, 5) is 12.4. The van der Waals surface area contributed by atoms with Crippen LogP contribution in [0, 0.1) is 6.92 Å². The fraction of sp³-hybridized carbons (Fsp3) is 0.133. The van der Waals surface area contributed by atoms with E-state index >= 15 is 0 Å². The fourth-order valence-corrected chi connectivity index (χ4v) is 2.46. The molecule has 2 aromatic rings. The predicted octanol–water partition coefficient (Wildman–Crippen LogP) is 5.25. The number of hydrogen-bond acceptors (Lipinski definition) is 2. The van der Waals surface area contributed by atoms with Gasteiger partial charge in [0, 0.05) is 22.8 Å². The van der Waals surface area contributed by atoms with E-state index in [-0.39, 0.29) is 5.91 Å². The van der Waals surface area contributed by atoms with Crippen LogP contribution in [0.1, 0.15) is 15.9 Å². The van der Waals surface area contributed by atoms with Crippen LogP contribution >= 0.6 is 34.8 Å². The highest BCUT2D eigenvalue weighted by Gasteiger charge is 2.14. The van der Waals surface area contributed by atoms with Crippen LogP contribution in [0.4, 0.5) is 11.4 Å². The second kappa shape index (κ2) is 6.56. The number of carbonyl (C=O) groups excluding carboxylic acids is 1. The van der Waals surface area contributed by atoms with Gasteiger partial charge in [0.05, 0.1) is 16.3 Å². The summed E-state index contributed by atoms with van der Waals surface area (Å²) in [6.07, 6.45) is 0. The molecule has 21 heavy (non-hydrogen) atoms. The lowest BCUT2D eigenvalue weighted by molar-refractivity contribution is 0.102. The minimum Gasteiger partial charge on any atom is -0.387 e. The third-order valence-corrected chi connectivity index (χ3v) is 3.95. The lowest BCUT2D eigenvalue weighted by atomic mass is 10.1. The minimum atomic E-state index is -0.316. The van der Waals surface area contributed by atoms with Crippen molar-refractivity contribution in [1.29, 1.82) is 0 Å². The summed E-state index contributed by atoms with van der Waals surface area (Å²) in [7, 11) is 1.73. The minimum absolute atomic E-state index is 0.316. The van der Waals surface area contributed by atoms with Crippen LogP contribution in [0.5, 0.6) is 0 Å². The third kappa shape index (κ3) is 3.62. The SMILES string of the molecule is CNc1ccc(Cl)cc1C(=O)Nc1cc(Cl)c(C)cc1Cl. The molecule has 0 aliphatic heterocycles. The van der Waals surface area contributed by atoms with Gasteiger partial charge < -0.3 is 10.6 Å². The van der Waals surface area contributed by atoms with E-state index in [2.05, 4.69) is 10.6 Å². The summed E-state index contributed by atoms with van der Waals surface area (Å²) in [6, 6.07) is 8.37. The van der Waals surface area contributed by atoms with Gasteiger partial charge in [0.1, 0.15) is 0 Å². The van der Waals surface area contributed by atoms with Crippen LogP contribution in [-0.4, -0.2) is 13.0 Å². The molecular weight excluding hydrogens is 331 g/mol. The summed E-state index contributed by atoms with van der Waals surface area (Å²) in [5.41, 5.74) is 2.40. The molecule has 0 radical (unpaired) electrons. The first-order chi connectivity index (χ1) is 9.92. The molecule has 6 heteroatoms. The Morgan fingerprint density at radius 3 is 2.38 bits per heavy atom. The van der Waals surface area contributed by atoms with Crippen molar-refractivity contribution in [2.75, 3.05) is 17.7 Å². The Morgan fingerprint density at radius 1 is 1.00 bits per heavy atom. The molecule has 3 nitrogen and oxygen atoms in total. The molecule has 1 amide bonds. The van der Waals surface area contributed by atoms with Gasteiger partial charge in [-0.15, -0.1) is 0 Å². The van der Waals surface area contributed by atoms with Gasteiger partial charge in [0.15, 0.2) is 0 Å². The van der Waals surface area contributed by atoms with Crippen molar-refractivity contribution in [3.63, 3.8) is 0 Å². The van der Waals surface area contributed by atoms with Crippen LogP contribution in [0.25, 0.3) is 0 Å². The van der Waals surface area contributed by atoms with E-state index in [1.807, 2.05) is 6.92 Å². The van der Waals surface area contributed by atoms with Gasteiger partial charge in [-0.3, -0.25) is 4.79 Å². The van der Waals surface area contributed by atoms with Gasteiger partial charge in [-0.05, 0) is 42.8 Å². The molecule has 110 valence electrons. The number of anilines is 2. The Balaban J connectivity index is 2.34. The van der Waals surface area contributed by atoms with Gasteiger partial charge in [-0.1, -0.05) is 34.8 Å². The maximum atomic E-state index is 12.4. The zero-order chi connectivity index (χ0) is 15.6. The molecule has 0 aliphatic rings. The van der Waals surface area contributed by atoms with Crippen LogP contribution in [0.15, 0.2) is 30.3 Å². The molecule has 0 aliphatic carbocycles. The molecule has 0 unspecified atom stereocenters. The maximum Gasteiger partial charge on any atom is 0.257 e. The molecule has 0 aromatic heterocycles. The van der Waals surface area contributed by atoms with Crippen molar-refractivity contribution in [3.8, 4) is 0 Å². The van der Waals surface area contributed by atoms with Crippen molar-refractivity contribution in [3.05, 3.63) is 56.5 Å². The summed E-state index contributed by atoms with van der Waals surface area (Å²) >= 11 is 18.1. The molecule has 0 atom stereocenters. The van der Waals surface area contributed by atoms with Crippen molar-refractivity contribution in [2.24, 2.45) is 0 Å². The van der Waals surface area contributed by atoms with E-state index in [0.29, 0.717) is 32.0 Å². The molecular formula is C15H13Cl3N2O. The Morgan fingerprint density at radius 2 is 1.71 bits per heavy atom. The van der Waals surface area contributed by atoms with Crippen LogP contribution in [0.2, 0.25) is 15.1 Å². The Kier molecular flexibility index (Phi) is 4.99. The monoisotopic (exact) mass is 342 g/mol. The highest BCUT2D eigenvalue weighted by Crippen LogP contribution is 2.30. The van der Waals surface area contributed by atoms with E-state index in [4.69, 9.17) is 34.8 Å². The first kappa shape index (κ1) is 16.0. The van der Waals surface area contributed by atoms with Crippen molar-refractivity contribution in [2.45, 2.75) is 6.92 Å². The van der Waals surface area contributed by atoms with Crippen molar-refractivity contribution in [1.82, 2.24) is 0 Å². The summed E-state index contributed by atoms with van der Waals surface area (Å²) in [5, 5.41) is 7.13. The highest BCUT2D eigenvalue weighted by atomic mass is 35.5. The Hall–Kier alpha value is -1.42. The van der Waals surface area contributed by atoms with E-state index in [1.165, 1.54) is 0 Å². The van der Waals surface area contributed by atoms with Gasteiger partial charge in [-0.2, -0.15) is 0 Å². The number of benzene rings is 2. The van der Waals surface area contributed by atoms with Gasteiger partial charge in [0.25, 0.3) is 5.91 Å². The molecule has 2 N–H and O–H groups in total. The molecule has 0 saturated carbocycles. The summed E-state index contributed by atoms with van der Waals surface area (Å²) < 4.78 is 0. The standard InChI is InChI=1S/C15H13Cl3N2O/c1-8-5-12(18)14(7-11(8)17)20-15(21)10-6-9(16)3-4-13(10)19-2/h3-7,19H,1-2H3,(H,20,21). The molecule has 0 fully saturated rings. The van der Waals surface area contributed by atoms with Gasteiger partial charge in [-0.25, -0.2) is 0 Å². The average molecular weight is 344 g/mol. The summed E-state index contributed by atoms with van der Waals surface area (Å²) in [6.45, 7) is 1.84. The van der Waals surface area contributed by atoms with Crippen LogP contribution in [0.3, 0.4) is 0 Å². The third-order valence-electron chi connectivity index (χ3n) is 2.99. The molecule has 0 heterocycles. The highest BCUT2D eigenvalue weighted by molar-refractivity contribution is 6.36. The zero-order valence-corrected chi connectivity index (χ0v) is 13.7. The molecule has 0 saturated heterocycles. The average Bonchev–Trinajstić information content (AvgIpc) is 2.44. The van der Waals surface area contributed by atoms with E-state index in [1.54, 1.807) is 37.4 Å². The Bertz CT molecular complexity index is 702. The lowest BCUT2D eigenvalue weighted by Crippen LogP contribution is -2.14. The fourth-order valence-electron chi connectivity index (χ4n) is 1.85. The van der Waals surface area contributed by atoms with E-state index in [0.717, 1.165) is 5.56 Å². The topological polar surface area (TPSA) is 41.1 Å². The first-order valence-corrected chi connectivity index (χ1v) is 7.30. The maximum absolute atomic E-state index is 12.4. The number of carbonyl (C=O) groups is 1. The Labute approximate surface area is 138 Å². The van der Waals surface area contributed by atoms with Crippen LogP contribution in [-0.2, 0) is 0 Å². The molecule has 0 spiro atoms.